The summed E-state index contributed by atoms with van der Waals surface area (Å²) < 4.78 is 15.9. The summed E-state index contributed by atoms with van der Waals surface area (Å²) in [5, 5.41) is 0.294. The van der Waals surface area contributed by atoms with Crippen molar-refractivity contribution in [3.8, 4) is 11.5 Å². The molecule has 7 heteroatoms. The Bertz CT molecular complexity index is 492. The van der Waals surface area contributed by atoms with Crippen LogP contribution < -0.4 is 20.9 Å². The Hall–Kier alpha value is -1.82. The molecule has 18 heavy (non-hydrogen) atoms. The van der Waals surface area contributed by atoms with E-state index in [1.165, 1.54) is 13.0 Å². The SMILES string of the molecule is CC(=O)OCC1COc2c(N)cc(Cl)c(N)c2O1. The summed E-state index contributed by atoms with van der Waals surface area (Å²) in [6.45, 7) is 1.63. The molecule has 1 unspecified atom stereocenters. The molecule has 1 aliphatic rings. The molecule has 0 amide bonds. The monoisotopic (exact) mass is 272 g/mol. The van der Waals surface area contributed by atoms with E-state index >= 15 is 0 Å². The molecule has 6 nitrogen and oxygen atoms in total. The van der Waals surface area contributed by atoms with Gasteiger partial charge in [-0.2, -0.15) is 0 Å². The number of benzene rings is 1. The van der Waals surface area contributed by atoms with Crippen molar-refractivity contribution >= 4 is 28.9 Å². The van der Waals surface area contributed by atoms with E-state index in [1.807, 2.05) is 0 Å². The molecule has 1 heterocycles. The first kappa shape index (κ1) is 12.6. The van der Waals surface area contributed by atoms with Crippen LogP contribution in [0.3, 0.4) is 0 Å². The number of carbonyl (C=O) groups is 1. The lowest BCUT2D eigenvalue weighted by molar-refractivity contribution is -0.144. The predicted octanol–water partition coefficient (Wildman–Crippen LogP) is 1.21. The first-order valence-electron chi connectivity index (χ1n) is 5.29. The zero-order valence-corrected chi connectivity index (χ0v) is 10.5. The van der Waals surface area contributed by atoms with Crippen LogP contribution in [-0.2, 0) is 9.53 Å². The number of fused-ring (bicyclic) bond motifs is 1. The van der Waals surface area contributed by atoms with Crippen molar-refractivity contribution in [2.24, 2.45) is 0 Å². The Labute approximate surface area is 109 Å². The molecule has 1 atom stereocenters. The van der Waals surface area contributed by atoms with Crippen molar-refractivity contribution in [3.63, 3.8) is 0 Å². The molecule has 2 rings (SSSR count). The van der Waals surface area contributed by atoms with Gasteiger partial charge < -0.3 is 25.7 Å². The average Bonchev–Trinajstić information content (AvgIpc) is 2.33. The van der Waals surface area contributed by atoms with Crippen LogP contribution in [0, 0.1) is 0 Å². The summed E-state index contributed by atoms with van der Waals surface area (Å²) in [5.41, 5.74) is 12.2. The minimum atomic E-state index is -0.429. The van der Waals surface area contributed by atoms with Crippen molar-refractivity contribution < 1.29 is 19.0 Å². The van der Waals surface area contributed by atoms with Crippen molar-refractivity contribution in [2.75, 3.05) is 24.7 Å². The van der Waals surface area contributed by atoms with Gasteiger partial charge in [0.1, 0.15) is 13.2 Å². The molecule has 0 fully saturated rings. The van der Waals surface area contributed by atoms with Crippen molar-refractivity contribution in [3.05, 3.63) is 11.1 Å². The summed E-state index contributed by atoms with van der Waals surface area (Å²) >= 11 is 5.90. The number of hydrogen-bond acceptors (Lipinski definition) is 6. The van der Waals surface area contributed by atoms with Crippen molar-refractivity contribution in [2.45, 2.75) is 13.0 Å². The lowest BCUT2D eigenvalue weighted by Crippen LogP contribution is -2.34. The number of ether oxygens (including phenoxy) is 3. The molecule has 0 saturated carbocycles. The van der Waals surface area contributed by atoms with E-state index in [4.69, 9.17) is 37.3 Å². The topological polar surface area (TPSA) is 96.8 Å². The Balaban J connectivity index is 2.20. The van der Waals surface area contributed by atoms with Gasteiger partial charge in [0.15, 0.2) is 17.6 Å². The van der Waals surface area contributed by atoms with E-state index in [0.29, 0.717) is 22.2 Å². The molecule has 0 bridgehead atoms. The first-order chi connectivity index (χ1) is 8.49. The summed E-state index contributed by atoms with van der Waals surface area (Å²) in [7, 11) is 0. The van der Waals surface area contributed by atoms with Crippen LogP contribution in [0.1, 0.15) is 6.92 Å². The highest BCUT2D eigenvalue weighted by molar-refractivity contribution is 6.34. The fourth-order valence-corrected chi connectivity index (χ4v) is 1.78. The predicted molar refractivity (Wildman–Crippen MR) is 66.8 cm³/mol. The van der Waals surface area contributed by atoms with Crippen LogP contribution in [0.25, 0.3) is 0 Å². The van der Waals surface area contributed by atoms with Gasteiger partial charge in [-0.25, -0.2) is 0 Å². The van der Waals surface area contributed by atoms with Gasteiger partial charge in [0.2, 0.25) is 0 Å². The third kappa shape index (κ3) is 2.38. The number of anilines is 2. The first-order valence-corrected chi connectivity index (χ1v) is 5.67. The maximum atomic E-state index is 10.7. The zero-order valence-electron chi connectivity index (χ0n) is 9.73. The lowest BCUT2D eigenvalue weighted by atomic mass is 10.2. The largest absolute Gasteiger partial charge is 0.483 e. The molecule has 1 aromatic rings. The highest BCUT2D eigenvalue weighted by Gasteiger charge is 2.27. The third-order valence-corrected chi connectivity index (χ3v) is 2.74. The summed E-state index contributed by atoms with van der Waals surface area (Å²) in [5.74, 6) is 0.280. The Morgan fingerprint density at radius 1 is 1.56 bits per heavy atom. The standard InChI is InChI=1S/C11H13ClN2O4/c1-5(15)16-3-6-4-17-10-8(13)2-7(12)9(14)11(10)18-6/h2,6H,3-4,13-14H2,1H3. The van der Waals surface area contributed by atoms with Gasteiger partial charge in [0, 0.05) is 6.92 Å². The van der Waals surface area contributed by atoms with Gasteiger partial charge in [0.05, 0.1) is 16.4 Å². The molecular weight excluding hydrogens is 260 g/mol. The van der Waals surface area contributed by atoms with Crippen LogP contribution in [0.5, 0.6) is 11.5 Å². The minimum Gasteiger partial charge on any atom is -0.483 e. The Kier molecular flexibility index (Phi) is 3.38. The summed E-state index contributed by atoms with van der Waals surface area (Å²) in [6.07, 6.45) is -0.429. The number of carbonyl (C=O) groups excluding carboxylic acids is 1. The second-order valence-corrected chi connectivity index (χ2v) is 4.28. The number of rotatable bonds is 2. The number of halogens is 1. The fourth-order valence-electron chi connectivity index (χ4n) is 1.58. The highest BCUT2D eigenvalue weighted by Crippen LogP contribution is 2.45. The van der Waals surface area contributed by atoms with Crippen LogP contribution in [0.15, 0.2) is 6.07 Å². The van der Waals surface area contributed by atoms with E-state index in [2.05, 4.69) is 0 Å². The van der Waals surface area contributed by atoms with Crippen LogP contribution in [0.4, 0.5) is 11.4 Å². The number of hydrogen-bond donors (Lipinski definition) is 2. The van der Waals surface area contributed by atoms with Gasteiger partial charge in [-0.05, 0) is 6.07 Å². The third-order valence-electron chi connectivity index (χ3n) is 2.42. The molecular formula is C11H13ClN2O4. The van der Waals surface area contributed by atoms with E-state index in [1.54, 1.807) is 0 Å². The highest BCUT2D eigenvalue weighted by atomic mass is 35.5. The molecule has 0 aliphatic carbocycles. The molecule has 0 saturated heterocycles. The minimum absolute atomic E-state index is 0.0840. The smallest absolute Gasteiger partial charge is 0.302 e. The average molecular weight is 273 g/mol. The van der Waals surface area contributed by atoms with Gasteiger partial charge in [0.25, 0.3) is 0 Å². The molecule has 4 N–H and O–H groups in total. The number of esters is 1. The van der Waals surface area contributed by atoms with Crippen LogP contribution in [-0.4, -0.2) is 25.3 Å². The van der Waals surface area contributed by atoms with Crippen LogP contribution >= 0.6 is 11.6 Å². The lowest BCUT2D eigenvalue weighted by Gasteiger charge is -2.28. The number of nitrogens with two attached hydrogens (primary N) is 2. The Morgan fingerprint density at radius 2 is 2.28 bits per heavy atom. The maximum absolute atomic E-state index is 10.7. The Morgan fingerprint density at radius 3 is 2.94 bits per heavy atom. The molecule has 1 aliphatic heterocycles. The second kappa shape index (κ2) is 4.81. The summed E-state index contributed by atoms with van der Waals surface area (Å²) in [4.78, 5) is 10.7. The fraction of sp³-hybridized carbons (Fsp3) is 0.364. The summed E-state index contributed by atoms with van der Waals surface area (Å²) in [6, 6.07) is 1.51. The van der Waals surface area contributed by atoms with Gasteiger partial charge in [-0.15, -0.1) is 0 Å². The van der Waals surface area contributed by atoms with E-state index in [-0.39, 0.29) is 24.9 Å². The van der Waals surface area contributed by atoms with Crippen molar-refractivity contribution in [1.29, 1.82) is 0 Å². The molecule has 0 spiro atoms. The second-order valence-electron chi connectivity index (χ2n) is 3.87. The van der Waals surface area contributed by atoms with Gasteiger partial charge in [-0.1, -0.05) is 11.6 Å². The zero-order chi connectivity index (χ0) is 13.3. The van der Waals surface area contributed by atoms with E-state index in [0.717, 1.165) is 0 Å². The van der Waals surface area contributed by atoms with Gasteiger partial charge in [-0.3, -0.25) is 4.79 Å². The maximum Gasteiger partial charge on any atom is 0.302 e. The van der Waals surface area contributed by atoms with Crippen LogP contribution in [0.2, 0.25) is 5.02 Å². The molecule has 98 valence electrons. The van der Waals surface area contributed by atoms with E-state index in [9.17, 15) is 4.79 Å². The van der Waals surface area contributed by atoms with Gasteiger partial charge >= 0.3 is 5.97 Å². The quantitative estimate of drug-likeness (QED) is 0.620. The number of nitrogen functional groups attached to an aromatic ring is 2. The molecule has 0 radical (unpaired) electrons. The molecule has 1 aromatic carbocycles. The molecule has 0 aromatic heterocycles. The normalized spacial score (nSPS) is 17.3. The van der Waals surface area contributed by atoms with Crippen molar-refractivity contribution in [1.82, 2.24) is 0 Å². The van der Waals surface area contributed by atoms with E-state index < -0.39 is 6.10 Å².